The molecule has 0 aromatic rings. The summed E-state index contributed by atoms with van der Waals surface area (Å²) < 4.78 is 14.4. The Bertz CT molecular complexity index is 204. The van der Waals surface area contributed by atoms with Gasteiger partial charge in [-0.1, -0.05) is 13.3 Å². The SMILES string of the molecule is CCC1CCNC(C(F)C2CCNCC2)C1. The Labute approximate surface area is 98.4 Å². The fourth-order valence-electron chi connectivity index (χ4n) is 3.14. The van der Waals surface area contributed by atoms with Gasteiger partial charge in [0.2, 0.25) is 0 Å². The molecule has 0 aromatic heterocycles. The average molecular weight is 228 g/mol. The minimum absolute atomic E-state index is 0.127. The highest BCUT2D eigenvalue weighted by Crippen LogP contribution is 2.28. The van der Waals surface area contributed by atoms with Crippen LogP contribution >= 0.6 is 0 Å². The van der Waals surface area contributed by atoms with Gasteiger partial charge < -0.3 is 10.6 Å². The Morgan fingerprint density at radius 1 is 1.19 bits per heavy atom. The molecule has 2 N–H and O–H groups in total. The summed E-state index contributed by atoms with van der Waals surface area (Å²) in [4.78, 5) is 0. The van der Waals surface area contributed by atoms with Crippen molar-refractivity contribution in [3.63, 3.8) is 0 Å². The van der Waals surface area contributed by atoms with E-state index in [2.05, 4.69) is 17.6 Å². The molecule has 0 amide bonds. The van der Waals surface area contributed by atoms with Gasteiger partial charge in [0.05, 0.1) is 0 Å². The Kier molecular flexibility index (Phi) is 4.59. The molecule has 3 heteroatoms. The van der Waals surface area contributed by atoms with E-state index in [-0.39, 0.29) is 12.0 Å². The summed E-state index contributed by atoms with van der Waals surface area (Å²) in [5.41, 5.74) is 0. The highest BCUT2D eigenvalue weighted by molar-refractivity contribution is 4.88. The van der Waals surface area contributed by atoms with Gasteiger partial charge in [0, 0.05) is 6.04 Å². The van der Waals surface area contributed by atoms with Crippen molar-refractivity contribution in [2.24, 2.45) is 11.8 Å². The summed E-state index contributed by atoms with van der Waals surface area (Å²) in [6.07, 6.45) is 4.87. The van der Waals surface area contributed by atoms with Gasteiger partial charge in [-0.3, -0.25) is 0 Å². The van der Waals surface area contributed by atoms with E-state index in [1.807, 2.05) is 0 Å². The van der Waals surface area contributed by atoms with Crippen LogP contribution in [0.15, 0.2) is 0 Å². The Balaban J connectivity index is 1.84. The number of piperidine rings is 2. The highest BCUT2D eigenvalue weighted by atomic mass is 19.1. The molecular weight excluding hydrogens is 203 g/mol. The summed E-state index contributed by atoms with van der Waals surface area (Å²) >= 11 is 0. The normalized spacial score (nSPS) is 34.9. The topological polar surface area (TPSA) is 24.1 Å². The largest absolute Gasteiger partial charge is 0.317 e. The van der Waals surface area contributed by atoms with Crippen LogP contribution in [0, 0.1) is 11.8 Å². The second-order valence-electron chi connectivity index (χ2n) is 5.39. The van der Waals surface area contributed by atoms with Crippen molar-refractivity contribution in [3.05, 3.63) is 0 Å². The van der Waals surface area contributed by atoms with Crippen molar-refractivity contribution >= 4 is 0 Å². The lowest BCUT2D eigenvalue weighted by molar-refractivity contribution is 0.111. The molecular formula is C13H25FN2. The van der Waals surface area contributed by atoms with Gasteiger partial charge in [-0.2, -0.15) is 0 Å². The summed E-state index contributed by atoms with van der Waals surface area (Å²) in [5, 5.41) is 6.69. The van der Waals surface area contributed by atoms with Crippen LogP contribution in [0.4, 0.5) is 4.39 Å². The number of rotatable bonds is 3. The van der Waals surface area contributed by atoms with E-state index in [0.717, 1.165) is 44.8 Å². The summed E-state index contributed by atoms with van der Waals surface area (Å²) in [5.74, 6) is 1.03. The van der Waals surface area contributed by atoms with Gasteiger partial charge in [-0.05, 0) is 57.2 Å². The van der Waals surface area contributed by atoms with Gasteiger partial charge in [0.15, 0.2) is 0 Å². The highest BCUT2D eigenvalue weighted by Gasteiger charge is 2.33. The van der Waals surface area contributed by atoms with E-state index >= 15 is 0 Å². The maximum atomic E-state index is 14.4. The Hall–Kier alpha value is -0.150. The Morgan fingerprint density at radius 2 is 1.94 bits per heavy atom. The minimum Gasteiger partial charge on any atom is -0.317 e. The molecule has 2 aliphatic heterocycles. The van der Waals surface area contributed by atoms with Gasteiger partial charge in [-0.25, -0.2) is 4.39 Å². The average Bonchev–Trinajstić information content (AvgIpc) is 2.39. The van der Waals surface area contributed by atoms with Crippen molar-refractivity contribution in [2.75, 3.05) is 19.6 Å². The molecule has 16 heavy (non-hydrogen) atoms. The fourth-order valence-corrected chi connectivity index (χ4v) is 3.14. The molecule has 3 atom stereocenters. The van der Waals surface area contributed by atoms with Crippen molar-refractivity contribution in [1.82, 2.24) is 10.6 Å². The predicted molar refractivity (Wildman–Crippen MR) is 65.3 cm³/mol. The van der Waals surface area contributed by atoms with Gasteiger partial charge >= 0.3 is 0 Å². The van der Waals surface area contributed by atoms with E-state index in [9.17, 15) is 4.39 Å². The summed E-state index contributed by atoms with van der Waals surface area (Å²) in [6.45, 7) is 5.23. The van der Waals surface area contributed by atoms with E-state index in [1.54, 1.807) is 0 Å². The molecule has 3 unspecified atom stereocenters. The van der Waals surface area contributed by atoms with Crippen LogP contribution in [-0.2, 0) is 0 Å². The molecule has 2 heterocycles. The van der Waals surface area contributed by atoms with Gasteiger partial charge in [0.1, 0.15) is 6.17 Å². The first-order chi connectivity index (χ1) is 7.81. The molecule has 2 fully saturated rings. The maximum Gasteiger partial charge on any atom is 0.118 e. The summed E-state index contributed by atoms with van der Waals surface area (Å²) in [6, 6.07) is 0.127. The quantitative estimate of drug-likeness (QED) is 0.773. The zero-order valence-corrected chi connectivity index (χ0v) is 10.3. The molecule has 0 aliphatic carbocycles. The first kappa shape index (κ1) is 12.3. The van der Waals surface area contributed by atoms with Crippen molar-refractivity contribution in [2.45, 2.75) is 51.2 Å². The molecule has 0 saturated carbocycles. The van der Waals surface area contributed by atoms with Crippen LogP contribution in [0.3, 0.4) is 0 Å². The minimum atomic E-state index is -0.628. The number of hydrogen-bond donors (Lipinski definition) is 2. The molecule has 2 rings (SSSR count). The molecule has 0 bridgehead atoms. The molecule has 2 saturated heterocycles. The van der Waals surface area contributed by atoms with Crippen molar-refractivity contribution in [1.29, 1.82) is 0 Å². The zero-order valence-electron chi connectivity index (χ0n) is 10.3. The van der Waals surface area contributed by atoms with E-state index in [1.165, 1.54) is 12.8 Å². The van der Waals surface area contributed by atoms with Gasteiger partial charge in [-0.15, -0.1) is 0 Å². The smallest absolute Gasteiger partial charge is 0.118 e. The lowest BCUT2D eigenvalue weighted by Gasteiger charge is -2.36. The lowest BCUT2D eigenvalue weighted by atomic mass is 9.82. The first-order valence-corrected chi connectivity index (χ1v) is 6.89. The number of nitrogens with one attached hydrogen (secondary N) is 2. The van der Waals surface area contributed by atoms with Crippen LogP contribution in [0.25, 0.3) is 0 Å². The maximum absolute atomic E-state index is 14.4. The number of halogens is 1. The molecule has 2 nitrogen and oxygen atoms in total. The lowest BCUT2D eigenvalue weighted by Crippen LogP contribution is -2.48. The second kappa shape index (κ2) is 5.97. The van der Waals surface area contributed by atoms with E-state index < -0.39 is 6.17 Å². The van der Waals surface area contributed by atoms with Crippen molar-refractivity contribution < 1.29 is 4.39 Å². The molecule has 0 spiro atoms. The molecule has 2 aliphatic rings. The zero-order chi connectivity index (χ0) is 11.4. The van der Waals surface area contributed by atoms with Crippen LogP contribution < -0.4 is 10.6 Å². The van der Waals surface area contributed by atoms with Gasteiger partial charge in [0.25, 0.3) is 0 Å². The third-order valence-electron chi connectivity index (χ3n) is 4.34. The third-order valence-corrected chi connectivity index (χ3v) is 4.34. The van der Waals surface area contributed by atoms with Crippen LogP contribution in [0.2, 0.25) is 0 Å². The monoisotopic (exact) mass is 228 g/mol. The molecule has 0 aromatic carbocycles. The predicted octanol–water partition coefficient (Wildman–Crippen LogP) is 2.10. The summed E-state index contributed by atoms with van der Waals surface area (Å²) in [7, 11) is 0. The third kappa shape index (κ3) is 2.95. The van der Waals surface area contributed by atoms with Crippen LogP contribution in [-0.4, -0.2) is 31.8 Å². The first-order valence-electron chi connectivity index (χ1n) is 6.89. The van der Waals surface area contributed by atoms with Crippen LogP contribution in [0.5, 0.6) is 0 Å². The number of alkyl halides is 1. The fraction of sp³-hybridized carbons (Fsp3) is 1.00. The Morgan fingerprint density at radius 3 is 2.62 bits per heavy atom. The second-order valence-corrected chi connectivity index (χ2v) is 5.39. The van der Waals surface area contributed by atoms with Crippen LogP contribution in [0.1, 0.15) is 39.0 Å². The van der Waals surface area contributed by atoms with E-state index in [0.29, 0.717) is 0 Å². The molecule has 0 radical (unpaired) electrons. The van der Waals surface area contributed by atoms with Crippen molar-refractivity contribution in [3.8, 4) is 0 Å². The van der Waals surface area contributed by atoms with E-state index in [4.69, 9.17) is 0 Å². The number of hydrogen-bond acceptors (Lipinski definition) is 2. The molecule has 94 valence electrons. The standard InChI is InChI=1S/C13H25FN2/c1-2-10-3-8-16-12(9-10)13(14)11-4-6-15-7-5-11/h10-13,15-16H,2-9H2,1H3.